The molecule has 0 aromatic heterocycles. The van der Waals surface area contributed by atoms with Crippen molar-refractivity contribution in [1.82, 2.24) is 4.90 Å². The van der Waals surface area contributed by atoms with Crippen molar-refractivity contribution in [3.05, 3.63) is 35.6 Å². The van der Waals surface area contributed by atoms with Gasteiger partial charge in [-0.25, -0.2) is 4.39 Å². The van der Waals surface area contributed by atoms with Gasteiger partial charge in [0, 0.05) is 6.04 Å². The minimum atomic E-state index is -0.860. The summed E-state index contributed by atoms with van der Waals surface area (Å²) in [6.07, 6.45) is 0.755. The zero-order chi connectivity index (χ0) is 12.8. The third-order valence-corrected chi connectivity index (χ3v) is 2.81. The minimum absolute atomic E-state index is 0.0223. The SMILES string of the molecule is CCC(c1cccc(F)c1)N(CC)CC(=O)O. The van der Waals surface area contributed by atoms with E-state index in [4.69, 9.17) is 5.11 Å². The molecule has 0 saturated heterocycles. The quantitative estimate of drug-likeness (QED) is 0.829. The molecule has 94 valence electrons. The zero-order valence-corrected chi connectivity index (χ0v) is 10.2. The van der Waals surface area contributed by atoms with E-state index in [1.54, 1.807) is 6.07 Å². The Kier molecular flexibility index (Phi) is 5.10. The fourth-order valence-corrected chi connectivity index (χ4v) is 2.03. The summed E-state index contributed by atoms with van der Waals surface area (Å²) in [4.78, 5) is 12.6. The number of halogens is 1. The molecule has 0 aliphatic rings. The highest BCUT2D eigenvalue weighted by Gasteiger charge is 2.19. The van der Waals surface area contributed by atoms with Gasteiger partial charge < -0.3 is 5.11 Å². The summed E-state index contributed by atoms with van der Waals surface area (Å²) >= 11 is 0. The van der Waals surface area contributed by atoms with Crippen LogP contribution < -0.4 is 0 Å². The largest absolute Gasteiger partial charge is 0.480 e. The van der Waals surface area contributed by atoms with Crippen LogP contribution in [-0.2, 0) is 4.79 Å². The summed E-state index contributed by atoms with van der Waals surface area (Å²) in [6, 6.07) is 6.30. The van der Waals surface area contributed by atoms with Crippen LogP contribution >= 0.6 is 0 Å². The zero-order valence-electron chi connectivity index (χ0n) is 10.2. The Morgan fingerprint density at radius 2 is 2.18 bits per heavy atom. The number of nitrogens with zero attached hydrogens (tertiary/aromatic N) is 1. The van der Waals surface area contributed by atoms with Gasteiger partial charge in [-0.1, -0.05) is 26.0 Å². The first kappa shape index (κ1) is 13.6. The molecule has 0 fully saturated rings. The van der Waals surface area contributed by atoms with E-state index in [1.807, 2.05) is 24.8 Å². The molecule has 0 bridgehead atoms. The molecular weight excluding hydrogens is 221 g/mol. The summed E-state index contributed by atoms with van der Waals surface area (Å²) < 4.78 is 13.2. The molecule has 0 amide bonds. The van der Waals surface area contributed by atoms with Crippen LogP contribution in [0.5, 0.6) is 0 Å². The van der Waals surface area contributed by atoms with Crippen molar-refractivity contribution in [1.29, 1.82) is 0 Å². The number of hydrogen-bond acceptors (Lipinski definition) is 2. The number of aliphatic carboxylic acids is 1. The topological polar surface area (TPSA) is 40.5 Å². The molecule has 0 aliphatic heterocycles. The molecule has 1 unspecified atom stereocenters. The molecule has 1 aromatic carbocycles. The van der Waals surface area contributed by atoms with Gasteiger partial charge in [0.15, 0.2) is 0 Å². The third-order valence-electron chi connectivity index (χ3n) is 2.81. The highest BCUT2D eigenvalue weighted by molar-refractivity contribution is 5.69. The Bertz CT molecular complexity index is 381. The maximum Gasteiger partial charge on any atom is 0.317 e. The van der Waals surface area contributed by atoms with E-state index in [9.17, 15) is 9.18 Å². The third kappa shape index (κ3) is 3.82. The lowest BCUT2D eigenvalue weighted by atomic mass is 10.0. The van der Waals surface area contributed by atoms with Crippen LogP contribution in [0.15, 0.2) is 24.3 Å². The molecule has 0 radical (unpaired) electrons. The summed E-state index contributed by atoms with van der Waals surface area (Å²) in [5, 5.41) is 8.85. The smallest absolute Gasteiger partial charge is 0.317 e. The molecule has 0 saturated carbocycles. The van der Waals surface area contributed by atoms with Crippen molar-refractivity contribution in [3.63, 3.8) is 0 Å². The van der Waals surface area contributed by atoms with Crippen molar-refractivity contribution in [2.75, 3.05) is 13.1 Å². The van der Waals surface area contributed by atoms with E-state index < -0.39 is 5.97 Å². The average Bonchev–Trinajstić information content (AvgIpc) is 2.28. The van der Waals surface area contributed by atoms with Crippen LogP contribution in [0.2, 0.25) is 0 Å². The van der Waals surface area contributed by atoms with Crippen LogP contribution in [0.3, 0.4) is 0 Å². The first-order valence-electron chi connectivity index (χ1n) is 5.79. The van der Waals surface area contributed by atoms with Crippen LogP contribution in [0.1, 0.15) is 31.9 Å². The first-order chi connectivity index (χ1) is 8.08. The number of benzene rings is 1. The first-order valence-corrected chi connectivity index (χ1v) is 5.79. The molecule has 1 N–H and O–H groups in total. The average molecular weight is 239 g/mol. The van der Waals surface area contributed by atoms with Crippen molar-refractivity contribution in [2.45, 2.75) is 26.3 Å². The second kappa shape index (κ2) is 6.35. The number of carboxylic acid groups (broad SMARTS) is 1. The molecule has 0 heterocycles. The lowest BCUT2D eigenvalue weighted by Gasteiger charge is -2.28. The predicted molar refractivity (Wildman–Crippen MR) is 64.3 cm³/mol. The maximum atomic E-state index is 13.2. The molecule has 3 nitrogen and oxygen atoms in total. The molecule has 1 aromatic rings. The summed E-state index contributed by atoms with van der Waals surface area (Å²) in [7, 11) is 0. The van der Waals surface area contributed by atoms with Crippen molar-refractivity contribution < 1.29 is 14.3 Å². The number of rotatable bonds is 6. The minimum Gasteiger partial charge on any atom is -0.480 e. The Balaban J connectivity index is 2.92. The summed E-state index contributed by atoms with van der Waals surface area (Å²) in [6.45, 7) is 4.48. The lowest BCUT2D eigenvalue weighted by molar-refractivity contribution is -0.138. The highest BCUT2D eigenvalue weighted by Crippen LogP contribution is 2.24. The van der Waals surface area contributed by atoms with E-state index in [0.717, 1.165) is 12.0 Å². The molecule has 1 rings (SSSR count). The van der Waals surface area contributed by atoms with Crippen molar-refractivity contribution in [2.24, 2.45) is 0 Å². The van der Waals surface area contributed by atoms with Crippen molar-refractivity contribution in [3.8, 4) is 0 Å². The Hall–Kier alpha value is -1.42. The van der Waals surface area contributed by atoms with Gasteiger partial charge in [-0.15, -0.1) is 0 Å². The summed E-state index contributed by atoms with van der Waals surface area (Å²) in [5.41, 5.74) is 0.829. The number of hydrogen-bond donors (Lipinski definition) is 1. The normalized spacial score (nSPS) is 12.7. The summed E-state index contributed by atoms with van der Waals surface area (Å²) in [5.74, 6) is -1.14. The Morgan fingerprint density at radius 3 is 2.65 bits per heavy atom. The van der Waals surface area contributed by atoms with Gasteiger partial charge in [-0.2, -0.15) is 0 Å². The molecule has 17 heavy (non-hydrogen) atoms. The number of carbonyl (C=O) groups is 1. The van der Waals surface area contributed by atoms with Crippen LogP contribution in [0, 0.1) is 5.82 Å². The Morgan fingerprint density at radius 1 is 1.47 bits per heavy atom. The maximum absolute atomic E-state index is 13.2. The molecule has 4 heteroatoms. The van der Waals surface area contributed by atoms with Gasteiger partial charge in [0.2, 0.25) is 0 Å². The monoisotopic (exact) mass is 239 g/mol. The molecule has 1 atom stereocenters. The van der Waals surface area contributed by atoms with E-state index in [2.05, 4.69) is 0 Å². The van der Waals surface area contributed by atoms with Crippen LogP contribution in [0.4, 0.5) is 4.39 Å². The van der Waals surface area contributed by atoms with Gasteiger partial charge in [0.25, 0.3) is 0 Å². The molecule has 0 spiro atoms. The van der Waals surface area contributed by atoms with Gasteiger partial charge >= 0.3 is 5.97 Å². The van der Waals surface area contributed by atoms with Crippen LogP contribution in [-0.4, -0.2) is 29.1 Å². The highest BCUT2D eigenvalue weighted by atomic mass is 19.1. The van der Waals surface area contributed by atoms with Crippen LogP contribution in [0.25, 0.3) is 0 Å². The predicted octanol–water partition coefficient (Wildman–Crippen LogP) is 2.68. The number of carboxylic acids is 1. The Labute approximate surface area is 101 Å². The second-order valence-electron chi connectivity index (χ2n) is 3.94. The van der Waals surface area contributed by atoms with Crippen molar-refractivity contribution >= 4 is 5.97 Å². The van der Waals surface area contributed by atoms with Gasteiger partial charge in [-0.05, 0) is 30.7 Å². The van der Waals surface area contributed by atoms with E-state index in [1.165, 1.54) is 12.1 Å². The number of likely N-dealkylation sites (N-methyl/N-ethyl adjacent to an activating group) is 1. The second-order valence-corrected chi connectivity index (χ2v) is 3.94. The van der Waals surface area contributed by atoms with E-state index in [-0.39, 0.29) is 18.4 Å². The fraction of sp³-hybridized carbons (Fsp3) is 0.462. The van der Waals surface area contributed by atoms with Gasteiger partial charge in [0.05, 0.1) is 6.54 Å². The lowest BCUT2D eigenvalue weighted by Crippen LogP contribution is -2.33. The van der Waals surface area contributed by atoms with E-state index in [0.29, 0.717) is 6.54 Å². The molecular formula is C13H18FNO2. The van der Waals surface area contributed by atoms with Gasteiger partial charge in [0.1, 0.15) is 5.82 Å². The van der Waals surface area contributed by atoms with Gasteiger partial charge in [-0.3, -0.25) is 9.69 Å². The van der Waals surface area contributed by atoms with E-state index >= 15 is 0 Å². The molecule has 0 aliphatic carbocycles. The fourth-order valence-electron chi connectivity index (χ4n) is 2.03. The standard InChI is InChI=1S/C13H18FNO2/c1-3-12(15(4-2)9-13(16)17)10-6-5-7-11(14)8-10/h5-8,12H,3-4,9H2,1-2H3,(H,16,17).